The molecular formula is C22H25F4N5OS. The predicted octanol–water partition coefficient (Wildman–Crippen LogP) is 4.27. The molecule has 1 aliphatic carbocycles. The Labute approximate surface area is 194 Å². The highest BCUT2D eigenvalue weighted by atomic mass is 32.1. The molecule has 2 aliphatic rings. The third-order valence-electron chi connectivity index (χ3n) is 6.17. The van der Waals surface area contributed by atoms with E-state index < -0.39 is 11.9 Å². The smallest absolute Gasteiger partial charge is 0.378 e. The topological polar surface area (TPSA) is 62.3 Å². The first kappa shape index (κ1) is 23.6. The Balaban J connectivity index is 1.48. The molecule has 2 N–H and O–H groups in total. The average Bonchev–Trinajstić information content (AvgIpc) is 3.28. The molecule has 4 rings (SSSR count). The second-order valence-electron chi connectivity index (χ2n) is 8.33. The number of aromatic nitrogens is 2. The van der Waals surface area contributed by atoms with E-state index in [9.17, 15) is 17.6 Å². The Morgan fingerprint density at radius 3 is 2.39 bits per heavy atom. The monoisotopic (exact) mass is 483 g/mol. The zero-order valence-corrected chi connectivity index (χ0v) is 18.7. The summed E-state index contributed by atoms with van der Waals surface area (Å²) in [5.74, 6) is -0.342. The maximum atomic E-state index is 13.4. The van der Waals surface area contributed by atoms with E-state index in [2.05, 4.69) is 20.6 Å². The van der Waals surface area contributed by atoms with Gasteiger partial charge in [0.15, 0.2) is 10.8 Å². The van der Waals surface area contributed by atoms with Crippen LogP contribution in [-0.4, -0.2) is 47.9 Å². The van der Waals surface area contributed by atoms with E-state index in [4.69, 9.17) is 17.0 Å². The first-order valence-electron chi connectivity index (χ1n) is 10.9. The second kappa shape index (κ2) is 9.76. The molecule has 0 unspecified atom stereocenters. The summed E-state index contributed by atoms with van der Waals surface area (Å²) in [6.07, 6.45) is -0.714. The number of halogens is 4. The zero-order valence-electron chi connectivity index (χ0n) is 17.9. The Bertz CT molecular complexity index is 974. The van der Waals surface area contributed by atoms with Crippen LogP contribution in [0, 0.1) is 5.82 Å². The number of thiocarbonyl (C=S) groups is 1. The summed E-state index contributed by atoms with van der Waals surface area (Å²) in [6.45, 7) is 2.19. The number of benzene rings is 1. The molecule has 1 saturated carbocycles. The lowest BCUT2D eigenvalue weighted by Gasteiger charge is -2.31. The van der Waals surface area contributed by atoms with Crippen molar-refractivity contribution in [3.05, 3.63) is 47.4 Å². The molecular weight excluding hydrogens is 458 g/mol. The van der Waals surface area contributed by atoms with Crippen LogP contribution in [0.15, 0.2) is 30.3 Å². The van der Waals surface area contributed by atoms with Crippen LogP contribution in [0.4, 0.5) is 29.3 Å². The molecule has 1 aliphatic heterocycles. The fourth-order valence-corrected chi connectivity index (χ4v) is 4.57. The molecule has 0 radical (unpaired) electrons. The zero-order chi connectivity index (χ0) is 23.5. The van der Waals surface area contributed by atoms with Crippen molar-refractivity contribution in [2.45, 2.75) is 37.3 Å². The van der Waals surface area contributed by atoms with Crippen molar-refractivity contribution < 1.29 is 22.3 Å². The van der Waals surface area contributed by atoms with Gasteiger partial charge in [-0.2, -0.15) is 18.2 Å². The Morgan fingerprint density at radius 1 is 1.09 bits per heavy atom. The van der Waals surface area contributed by atoms with Gasteiger partial charge < -0.3 is 20.3 Å². The summed E-state index contributed by atoms with van der Waals surface area (Å²) in [4.78, 5) is 9.61. The van der Waals surface area contributed by atoms with Crippen LogP contribution >= 0.6 is 12.2 Å². The van der Waals surface area contributed by atoms with Crippen LogP contribution in [0.1, 0.15) is 36.9 Å². The van der Waals surface area contributed by atoms with Gasteiger partial charge in [-0.15, -0.1) is 0 Å². The van der Waals surface area contributed by atoms with Gasteiger partial charge in [-0.25, -0.2) is 9.37 Å². The lowest BCUT2D eigenvalue weighted by molar-refractivity contribution is -0.141. The third kappa shape index (κ3) is 5.70. The lowest BCUT2D eigenvalue weighted by atomic mass is 9.79. The largest absolute Gasteiger partial charge is 0.433 e. The molecule has 0 amide bonds. The highest BCUT2D eigenvalue weighted by molar-refractivity contribution is 7.80. The molecule has 0 bridgehead atoms. The number of ether oxygens (including phenoxy) is 1. The van der Waals surface area contributed by atoms with Crippen molar-refractivity contribution in [3.8, 4) is 0 Å². The number of anilines is 2. The number of hydrogen-bond acceptors (Lipinski definition) is 5. The molecule has 0 spiro atoms. The number of nitrogens with one attached hydrogen (secondary N) is 2. The van der Waals surface area contributed by atoms with Crippen molar-refractivity contribution in [1.82, 2.24) is 15.3 Å². The molecule has 2 heterocycles. The van der Waals surface area contributed by atoms with E-state index in [1.54, 1.807) is 17.0 Å². The molecule has 1 aromatic carbocycles. The summed E-state index contributed by atoms with van der Waals surface area (Å²) in [7, 11) is 0. The van der Waals surface area contributed by atoms with E-state index in [0.29, 0.717) is 32.8 Å². The van der Waals surface area contributed by atoms with Gasteiger partial charge in [-0.3, -0.25) is 0 Å². The Morgan fingerprint density at radius 2 is 1.76 bits per heavy atom. The second-order valence-corrected chi connectivity index (χ2v) is 8.74. The van der Waals surface area contributed by atoms with E-state index in [0.717, 1.165) is 37.3 Å². The third-order valence-corrected chi connectivity index (χ3v) is 6.41. The number of morpholine rings is 1. The lowest BCUT2D eigenvalue weighted by Crippen LogP contribution is -2.41. The van der Waals surface area contributed by atoms with Crippen molar-refractivity contribution in [2.24, 2.45) is 0 Å². The molecule has 178 valence electrons. The number of rotatable bonds is 5. The van der Waals surface area contributed by atoms with Gasteiger partial charge in [-0.1, -0.05) is 25.0 Å². The van der Waals surface area contributed by atoms with Crippen LogP contribution in [0.3, 0.4) is 0 Å². The highest BCUT2D eigenvalue weighted by Gasteiger charge is 2.36. The molecule has 6 nitrogen and oxygen atoms in total. The van der Waals surface area contributed by atoms with Crippen molar-refractivity contribution >= 4 is 29.1 Å². The summed E-state index contributed by atoms with van der Waals surface area (Å²) in [5.41, 5.74) is -0.239. The van der Waals surface area contributed by atoms with E-state index in [-0.39, 0.29) is 28.1 Å². The Hall–Kier alpha value is -2.53. The molecule has 1 aromatic heterocycles. The van der Waals surface area contributed by atoms with Crippen LogP contribution < -0.4 is 15.5 Å². The summed E-state index contributed by atoms with van der Waals surface area (Å²) >= 11 is 5.35. The SMILES string of the molecule is Fc1ccc(C2(CNC(=S)Nc3nc(N4CCOCC4)cc(C(F)(F)F)n3)CCCC2)cc1. The highest BCUT2D eigenvalue weighted by Crippen LogP contribution is 2.40. The van der Waals surface area contributed by atoms with Gasteiger partial charge in [0.25, 0.3) is 0 Å². The standard InChI is InChI=1S/C22H25F4N5OS/c23-16-5-3-15(4-6-16)21(7-1-2-8-21)14-27-20(33)30-19-28-17(22(24,25)26)13-18(29-19)31-9-11-32-12-10-31/h3-6,13H,1-2,7-12,14H2,(H2,27,28,29,30,33). The predicted molar refractivity (Wildman–Crippen MR) is 121 cm³/mol. The van der Waals surface area contributed by atoms with Gasteiger partial charge in [0, 0.05) is 31.1 Å². The van der Waals surface area contributed by atoms with Gasteiger partial charge in [-0.05, 0) is 42.8 Å². The first-order chi connectivity index (χ1) is 15.7. The fraction of sp³-hybridized carbons (Fsp3) is 0.500. The van der Waals surface area contributed by atoms with Crippen molar-refractivity contribution in [3.63, 3.8) is 0 Å². The molecule has 0 atom stereocenters. The summed E-state index contributed by atoms with van der Waals surface area (Å²) < 4.78 is 59.0. The quantitative estimate of drug-likeness (QED) is 0.487. The Kier molecular flexibility index (Phi) is 6.99. The number of nitrogens with zero attached hydrogens (tertiary/aromatic N) is 3. The minimum absolute atomic E-state index is 0.135. The summed E-state index contributed by atoms with van der Waals surface area (Å²) in [6, 6.07) is 7.38. The van der Waals surface area contributed by atoms with Crippen LogP contribution in [0.2, 0.25) is 0 Å². The molecule has 33 heavy (non-hydrogen) atoms. The van der Waals surface area contributed by atoms with Gasteiger partial charge in [0.1, 0.15) is 11.6 Å². The van der Waals surface area contributed by atoms with Gasteiger partial charge >= 0.3 is 6.18 Å². The molecule has 2 fully saturated rings. The van der Waals surface area contributed by atoms with Gasteiger partial charge in [0.2, 0.25) is 5.95 Å². The summed E-state index contributed by atoms with van der Waals surface area (Å²) in [5, 5.41) is 5.97. The van der Waals surface area contributed by atoms with Crippen LogP contribution in [0.5, 0.6) is 0 Å². The minimum atomic E-state index is -4.62. The maximum Gasteiger partial charge on any atom is 0.433 e. The average molecular weight is 484 g/mol. The molecule has 1 saturated heterocycles. The van der Waals surface area contributed by atoms with Crippen molar-refractivity contribution in [1.29, 1.82) is 0 Å². The van der Waals surface area contributed by atoms with Crippen LogP contribution in [-0.2, 0) is 16.3 Å². The van der Waals surface area contributed by atoms with E-state index in [1.165, 1.54) is 12.1 Å². The van der Waals surface area contributed by atoms with Gasteiger partial charge in [0.05, 0.1) is 13.2 Å². The number of alkyl halides is 3. The normalized spacial score (nSPS) is 18.2. The van der Waals surface area contributed by atoms with Crippen molar-refractivity contribution in [2.75, 3.05) is 43.1 Å². The fourth-order valence-electron chi connectivity index (χ4n) is 4.41. The molecule has 11 heteroatoms. The van der Waals surface area contributed by atoms with E-state index in [1.807, 2.05) is 0 Å². The first-order valence-corrected chi connectivity index (χ1v) is 11.3. The van der Waals surface area contributed by atoms with E-state index >= 15 is 0 Å². The maximum absolute atomic E-state index is 13.4. The van der Waals surface area contributed by atoms with Crippen LogP contribution in [0.25, 0.3) is 0 Å². The minimum Gasteiger partial charge on any atom is -0.378 e. The molecule has 2 aromatic rings. The number of hydrogen-bond donors (Lipinski definition) is 2.